The Labute approximate surface area is 63.9 Å². The monoisotopic (exact) mass is 186 g/mol. The number of hydrogen-bond acceptors (Lipinski definition) is 4. The topological polar surface area (TPSA) is 66.4 Å². The fourth-order valence-electron chi connectivity index (χ4n) is 0.303. The molecule has 10 heavy (non-hydrogen) atoms. The van der Waals surface area contributed by atoms with Crippen molar-refractivity contribution in [2.75, 3.05) is 24.9 Å². The summed E-state index contributed by atoms with van der Waals surface area (Å²) in [5.41, 5.74) is 0. The minimum absolute atomic E-state index is 0.00193. The molecule has 0 aromatic rings. The van der Waals surface area contributed by atoms with Crippen LogP contribution in [-0.2, 0) is 25.5 Å². The third kappa shape index (κ3) is 8.22. The zero-order valence-electron chi connectivity index (χ0n) is 5.86. The molecule has 0 aromatic heterocycles. The summed E-state index contributed by atoms with van der Waals surface area (Å²) in [6, 6.07) is 0. The van der Waals surface area contributed by atoms with E-state index in [-0.39, 0.29) is 17.5 Å². The molecule has 0 aliphatic carbocycles. The first kappa shape index (κ1) is 10.2. The van der Waals surface area contributed by atoms with E-state index in [1.165, 1.54) is 0 Å². The fourth-order valence-corrected chi connectivity index (χ4v) is 1.11. The van der Waals surface area contributed by atoms with Gasteiger partial charge in [0.1, 0.15) is 12.4 Å². The first-order valence-corrected chi connectivity index (χ1v) is 6.10. The van der Waals surface area contributed by atoms with E-state index in [1.54, 1.807) is 0 Å². The van der Waals surface area contributed by atoms with Crippen molar-refractivity contribution in [2.24, 2.45) is 0 Å². The molecule has 4 nitrogen and oxygen atoms in total. The highest BCUT2D eigenvalue weighted by Gasteiger charge is 2.02. The molecule has 0 N–H and O–H groups in total. The SMILES string of the molecule is C[S+](C)CCOS(=O)(=O)[O-]. The van der Waals surface area contributed by atoms with Crippen LogP contribution in [0.15, 0.2) is 0 Å². The molecule has 0 heterocycles. The molecule has 0 rings (SSSR count). The van der Waals surface area contributed by atoms with Crippen LogP contribution in [0.2, 0.25) is 0 Å². The van der Waals surface area contributed by atoms with Gasteiger partial charge >= 0.3 is 0 Å². The van der Waals surface area contributed by atoms with Gasteiger partial charge in [0.2, 0.25) is 10.4 Å². The van der Waals surface area contributed by atoms with Gasteiger partial charge in [-0.25, -0.2) is 8.42 Å². The van der Waals surface area contributed by atoms with E-state index in [1.807, 2.05) is 12.5 Å². The molecule has 0 saturated heterocycles. The van der Waals surface area contributed by atoms with Crippen LogP contribution in [0.3, 0.4) is 0 Å². The lowest BCUT2D eigenvalue weighted by Gasteiger charge is -2.04. The lowest BCUT2D eigenvalue weighted by Crippen LogP contribution is -2.13. The summed E-state index contributed by atoms with van der Waals surface area (Å²) < 4.78 is 33.5. The number of rotatable bonds is 4. The van der Waals surface area contributed by atoms with Crippen LogP contribution in [0.1, 0.15) is 0 Å². The van der Waals surface area contributed by atoms with Crippen LogP contribution in [0.4, 0.5) is 0 Å². The summed E-state index contributed by atoms with van der Waals surface area (Å²) in [5, 5.41) is 0. The lowest BCUT2D eigenvalue weighted by molar-refractivity contribution is 0.277. The Hall–Kier alpha value is 0.220. The summed E-state index contributed by atoms with van der Waals surface area (Å²) in [6.07, 6.45) is 3.89. The predicted molar refractivity (Wildman–Crippen MR) is 39.7 cm³/mol. The molecule has 0 spiro atoms. The molecule has 0 amide bonds. The second kappa shape index (κ2) is 4.17. The van der Waals surface area contributed by atoms with Gasteiger partial charge < -0.3 is 4.55 Å². The molecule has 0 fully saturated rings. The van der Waals surface area contributed by atoms with Gasteiger partial charge in [-0.1, -0.05) is 0 Å². The Morgan fingerprint density at radius 2 is 2.00 bits per heavy atom. The van der Waals surface area contributed by atoms with Crippen molar-refractivity contribution in [2.45, 2.75) is 0 Å². The summed E-state index contributed by atoms with van der Waals surface area (Å²) >= 11 is 0. The third-order valence-corrected chi connectivity index (χ3v) is 2.16. The molecule has 0 aliphatic rings. The molecule has 0 saturated carbocycles. The van der Waals surface area contributed by atoms with E-state index in [4.69, 9.17) is 0 Å². The summed E-state index contributed by atoms with van der Waals surface area (Å²) in [6.45, 7) is 0.00193. The molecule has 62 valence electrons. The minimum Gasteiger partial charge on any atom is -0.726 e. The van der Waals surface area contributed by atoms with E-state index in [2.05, 4.69) is 4.18 Å². The van der Waals surface area contributed by atoms with Gasteiger partial charge in [0, 0.05) is 0 Å². The molecule has 6 heteroatoms. The molecule has 0 unspecified atom stereocenters. The highest BCUT2D eigenvalue weighted by atomic mass is 32.3. The normalized spacial score (nSPS) is 12.4. The largest absolute Gasteiger partial charge is 0.726 e. The highest BCUT2D eigenvalue weighted by Crippen LogP contribution is 1.88. The zero-order valence-corrected chi connectivity index (χ0v) is 7.50. The molecular formula is C4H10O4S2. The maximum atomic E-state index is 9.84. The Morgan fingerprint density at radius 1 is 1.50 bits per heavy atom. The minimum atomic E-state index is -4.47. The van der Waals surface area contributed by atoms with Crippen LogP contribution in [0.5, 0.6) is 0 Å². The summed E-state index contributed by atoms with van der Waals surface area (Å²) in [7, 11) is -4.34. The van der Waals surface area contributed by atoms with Gasteiger partial charge in [-0.2, -0.15) is 0 Å². The van der Waals surface area contributed by atoms with Crippen molar-refractivity contribution < 1.29 is 17.2 Å². The zero-order chi connectivity index (χ0) is 8.20. The molecule has 0 bridgehead atoms. The lowest BCUT2D eigenvalue weighted by atomic mass is 10.9. The average molecular weight is 186 g/mol. The van der Waals surface area contributed by atoms with Crippen LogP contribution >= 0.6 is 0 Å². The van der Waals surface area contributed by atoms with E-state index in [0.717, 1.165) is 0 Å². The number of hydrogen-bond donors (Lipinski definition) is 0. The van der Waals surface area contributed by atoms with Gasteiger partial charge in [-0.3, -0.25) is 4.18 Å². The van der Waals surface area contributed by atoms with Crippen LogP contribution < -0.4 is 0 Å². The van der Waals surface area contributed by atoms with E-state index in [9.17, 15) is 13.0 Å². The molecule has 0 radical (unpaired) electrons. The first-order valence-electron chi connectivity index (χ1n) is 2.56. The average Bonchev–Trinajstić information content (AvgIpc) is 1.59. The molecule has 0 atom stereocenters. The maximum absolute atomic E-state index is 9.84. The van der Waals surface area contributed by atoms with Gasteiger partial charge in [0.05, 0.1) is 12.5 Å². The van der Waals surface area contributed by atoms with Crippen molar-refractivity contribution in [1.29, 1.82) is 0 Å². The maximum Gasteiger partial charge on any atom is 0.217 e. The Kier molecular flexibility index (Phi) is 4.26. The van der Waals surface area contributed by atoms with Crippen molar-refractivity contribution in [3.63, 3.8) is 0 Å². The standard InChI is InChI=1S/C4H10O4S2/c1-9(2)4-3-8-10(5,6)7/h3-4H2,1-2H3. The third-order valence-electron chi connectivity index (χ3n) is 0.719. The van der Waals surface area contributed by atoms with Crippen molar-refractivity contribution in [3.05, 3.63) is 0 Å². The highest BCUT2D eigenvalue weighted by molar-refractivity contribution is 7.95. The Morgan fingerprint density at radius 3 is 2.30 bits per heavy atom. The summed E-state index contributed by atoms with van der Waals surface area (Å²) in [4.78, 5) is 0. The van der Waals surface area contributed by atoms with E-state index < -0.39 is 10.4 Å². The second-order valence-electron chi connectivity index (χ2n) is 1.92. The van der Waals surface area contributed by atoms with Crippen LogP contribution in [-0.4, -0.2) is 37.8 Å². The van der Waals surface area contributed by atoms with Gasteiger partial charge in [-0.15, -0.1) is 0 Å². The molecule has 0 aromatic carbocycles. The van der Waals surface area contributed by atoms with Gasteiger partial charge in [0.25, 0.3) is 0 Å². The Bertz CT molecular complexity index is 172. The molecular weight excluding hydrogens is 176 g/mol. The smallest absolute Gasteiger partial charge is 0.217 e. The van der Waals surface area contributed by atoms with E-state index in [0.29, 0.717) is 5.75 Å². The summed E-state index contributed by atoms with van der Waals surface area (Å²) in [5.74, 6) is 0.613. The van der Waals surface area contributed by atoms with E-state index >= 15 is 0 Å². The first-order chi connectivity index (χ1) is 4.42. The van der Waals surface area contributed by atoms with Gasteiger partial charge in [-0.05, 0) is 10.9 Å². The fraction of sp³-hybridized carbons (Fsp3) is 1.00. The van der Waals surface area contributed by atoms with Crippen LogP contribution in [0, 0.1) is 0 Å². The van der Waals surface area contributed by atoms with Crippen molar-refractivity contribution in [1.82, 2.24) is 0 Å². The van der Waals surface area contributed by atoms with Crippen molar-refractivity contribution in [3.8, 4) is 0 Å². The van der Waals surface area contributed by atoms with Crippen molar-refractivity contribution >= 4 is 21.3 Å². The molecule has 0 aliphatic heterocycles. The predicted octanol–water partition coefficient (Wildman–Crippen LogP) is -0.659. The second-order valence-corrected chi connectivity index (χ2v) is 5.35. The van der Waals surface area contributed by atoms with Gasteiger partial charge in [0.15, 0.2) is 0 Å². The quantitative estimate of drug-likeness (QED) is 0.332. The Balaban J connectivity index is 3.39. The van der Waals surface area contributed by atoms with Crippen LogP contribution in [0.25, 0.3) is 0 Å².